The molecule has 2 heteroatoms. The molecule has 1 aliphatic heterocycles. The van der Waals surface area contributed by atoms with Crippen LogP contribution in [0.15, 0.2) is 0 Å². The molecule has 1 aliphatic rings. The summed E-state index contributed by atoms with van der Waals surface area (Å²) in [6.45, 7) is 7.02. The van der Waals surface area contributed by atoms with Crippen LogP contribution in [-0.4, -0.2) is 18.5 Å². The molecule has 2 nitrogen and oxygen atoms in total. The molecular weight excluding hydrogens is 176 g/mol. The quantitative estimate of drug-likeness (QED) is 0.679. The molecular formula is C12H22O2. The van der Waals surface area contributed by atoms with E-state index in [2.05, 4.69) is 13.8 Å². The molecule has 0 spiro atoms. The van der Waals surface area contributed by atoms with Gasteiger partial charge in [0.15, 0.2) is 0 Å². The zero-order valence-corrected chi connectivity index (χ0v) is 9.58. The second kappa shape index (κ2) is 5.50. The van der Waals surface area contributed by atoms with E-state index in [1.165, 1.54) is 0 Å². The molecule has 0 aromatic heterocycles. The zero-order valence-electron chi connectivity index (χ0n) is 9.58. The molecule has 2 unspecified atom stereocenters. The highest BCUT2D eigenvalue weighted by molar-refractivity contribution is 5.81. The van der Waals surface area contributed by atoms with Crippen molar-refractivity contribution in [2.45, 2.75) is 52.6 Å². The van der Waals surface area contributed by atoms with Crippen LogP contribution < -0.4 is 0 Å². The third-order valence-electron chi connectivity index (χ3n) is 3.30. The summed E-state index contributed by atoms with van der Waals surface area (Å²) in [6, 6.07) is 0. The Morgan fingerprint density at radius 3 is 2.50 bits per heavy atom. The average Bonchev–Trinajstić information content (AvgIpc) is 2.61. The van der Waals surface area contributed by atoms with E-state index in [9.17, 15) is 4.79 Å². The first-order chi connectivity index (χ1) is 6.67. The Balaban J connectivity index is 2.34. The lowest BCUT2D eigenvalue weighted by Crippen LogP contribution is -2.18. The number of carbonyl (C=O) groups excluding carboxylic acids is 1. The van der Waals surface area contributed by atoms with Gasteiger partial charge in [-0.15, -0.1) is 0 Å². The minimum absolute atomic E-state index is 0.186. The predicted octanol–water partition coefficient (Wildman–Crippen LogP) is 2.81. The Morgan fingerprint density at radius 1 is 1.43 bits per heavy atom. The Bertz CT molecular complexity index is 185. The summed E-state index contributed by atoms with van der Waals surface area (Å²) in [5, 5.41) is 0. The van der Waals surface area contributed by atoms with Gasteiger partial charge in [-0.1, -0.05) is 26.7 Å². The summed E-state index contributed by atoms with van der Waals surface area (Å²) < 4.78 is 5.41. The van der Waals surface area contributed by atoms with Crippen LogP contribution in [0.2, 0.25) is 0 Å². The van der Waals surface area contributed by atoms with Crippen molar-refractivity contribution in [2.75, 3.05) is 6.61 Å². The van der Waals surface area contributed by atoms with Gasteiger partial charge in [0.1, 0.15) is 5.78 Å². The summed E-state index contributed by atoms with van der Waals surface area (Å²) in [4.78, 5) is 11.8. The van der Waals surface area contributed by atoms with Crippen LogP contribution >= 0.6 is 0 Å². The molecule has 1 saturated heterocycles. The molecule has 1 fully saturated rings. The zero-order chi connectivity index (χ0) is 10.6. The Labute approximate surface area is 87.0 Å². The lowest BCUT2D eigenvalue weighted by molar-refractivity contribution is -0.123. The van der Waals surface area contributed by atoms with Crippen molar-refractivity contribution < 1.29 is 9.53 Å². The first kappa shape index (κ1) is 11.7. The highest BCUT2D eigenvalue weighted by Crippen LogP contribution is 2.24. The van der Waals surface area contributed by atoms with Crippen molar-refractivity contribution >= 4 is 5.78 Å². The average molecular weight is 198 g/mol. The number of ketones is 1. The maximum Gasteiger partial charge on any atom is 0.138 e. The fourth-order valence-electron chi connectivity index (χ4n) is 2.07. The first-order valence-corrected chi connectivity index (χ1v) is 5.81. The lowest BCUT2D eigenvalue weighted by atomic mass is 9.90. The maximum absolute atomic E-state index is 11.8. The Hall–Kier alpha value is -0.370. The van der Waals surface area contributed by atoms with Crippen LogP contribution in [0.1, 0.15) is 46.5 Å². The maximum atomic E-state index is 11.8. The molecule has 0 aliphatic carbocycles. The van der Waals surface area contributed by atoms with Crippen LogP contribution in [0.25, 0.3) is 0 Å². The molecule has 0 N–H and O–H groups in total. The molecule has 0 amide bonds. The monoisotopic (exact) mass is 198 g/mol. The van der Waals surface area contributed by atoms with Crippen LogP contribution in [0.3, 0.4) is 0 Å². The normalized spacial score (nSPS) is 27.1. The number of hydrogen-bond acceptors (Lipinski definition) is 2. The topological polar surface area (TPSA) is 26.3 Å². The molecule has 0 aromatic carbocycles. The fraction of sp³-hybridized carbons (Fsp3) is 0.917. The predicted molar refractivity (Wildman–Crippen MR) is 57.2 cm³/mol. The van der Waals surface area contributed by atoms with Gasteiger partial charge >= 0.3 is 0 Å². The number of hydrogen-bond donors (Lipinski definition) is 0. The van der Waals surface area contributed by atoms with Gasteiger partial charge in [-0.05, 0) is 19.3 Å². The second-order valence-corrected chi connectivity index (χ2v) is 4.43. The Morgan fingerprint density at radius 2 is 2.07 bits per heavy atom. The molecule has 0 bridgehead atoms. The van der Waals surface area contributed by atoms with Gasteiger partial charge in [0.05, 0.1) is 12.7 Å². The summed E-state index contributed by atoms with van der Waals surface area (Å²) in [7, 11) is 0. The highest BCUT2D eigenvalue weighted by atomic mass is 16.5. The summed E-state index contributed by atoms with van der Waals surface area (Å²) in [6.07, 6.45) is 4.20. The minimum Gasteiger partial charge on any atom is -0.378 e. The van der Waals surface area contributed by atoms with E-state index in [4.69, 9.17) is 4.74 Å². The summed E-state index contributed by atoms with van der Waals surface area (Å²) in [5.74, 6) is 1.19. The van der Waals surface area contributed by atoms with Crippen molar-refractivity contribution in [3.05, 3.63) is 0 Å². The van der Waals surface area contributed by atoms with E-state index in [0.29, 0.717) is 18.3 Å². The number of rotatable bonds is 5. The standard InChI is InChI=1S/C12H22O2/c1-4-10(5-2)7-12(13)11-6-9(3)14-8-11/h9-11H,4-8H2,1-3H3. The van der Waals surface area contributed by atoms with E-state index in [1.54, 1.807) is 0 Å². The third-order valence-corrected chi connectivity index (χ3v) is 3.30. The van der Waals surface area contributed by atoms with Gasteiger partial charge in [-0.25, -0.2) is 0 Å². The van der Waals surface area contributed by atoms with Crippen molar-refractivity contribution in [1.82, 2.24) is 0 Å². The largest absolute Gasteiger partial charge is 0.378 e. The van der Waals surface area contributed by atoms with Gasteiger partial charge in [0.25, 0.3) is 0 Å². The highest BCUT2D eigenvalue weighted by Gasteiger charge is 2.28. The van der Waals surface area contributed by atoms with E-state index >= 15 is 0 Å². The smallest absolute Gasteiger partial charge is 0.138 e. The molecule has 1 heterocycles. The third kappa shape index (κ3) is 3.09. The fourth-order valence-corrected chi connectivity index (χ4v) is 2.07. The number of Topliss-reactive ketones (excluding diaryl/α,β-unsaturated/α-hetero) is 1. The summed E-state index contributed by atoms with van der Waals surface area (Å²) in [5.41, 5.74) is 0. The molecule has 14 heavy (non-hydrogen) atoms. The van der Waals surface area contributed by atoms with Crippen molar-refractivity contribution in [3.63, 3.8) is 0 Å². The van der Waals surface area contributed by atoms with Gasteiger partial charge in [-0.3, -0.25) is 4.79 Å². The molecule has 1 rings (SSSR count). The van der Waals surface area contributed by atoms with Crippen molar-refractivity contribution in [3.8, 4) is 0 Å². The lowest BCUT2D eigenvalue weighted by Gasteiger charge is -2.13. The van der Waals surface area contributed by atoms with Gasteiger partial charge in [0, 0.05) is 12.3 Å². The van der Waals surface area contributed by atoms with Gasteiger partial charge in [0.2, 0.25) is 0 Å². The summed E-state index contributed by atoms with van der Waals surface area (Å²) >= 11 is 0. The van der Waals surface area contributed by atoms with Crippen molar-refractivity contribution in [2.24, 2.45) is 11.8 Å². The Kier molecular flexibility index (Phi) is 4.59. The SMILES string of the molecule is CCC(CC)CC(=O)C1COC(C)C1. The molecule has 0 saturated carbocycles. The van der Waals surface area contributed by atoms with E-state index in [-0.39, 0.29) is 12.0 Å². The molecule has 0 aromatic rings. The van der Waals surface area contributed by atoms with E-state index < -0.39 is 0 Å². The van der Waals surface area contributed by atoms with Crippen LogP contribution in [0.4, 0.5) is 0 Å². The van der Waals surface area contributed by atoms with Gasteiger partial charge < -0.3 is 4.74 Å². The number of carbonyl (C=O) groups is 1. The molecule has 0 radical (unpaired) electrons. The van der Waals surface area contributed by atoms with Crippen LogP contribution in [0, 0.1) is 11.8 Å². The van der Waals surface area contributed by atoms with Crippen molar-refractivity contribution in [1.29, 1.82) is 0 Å². The number of ether oxygens (including phenoxy) is 1. The van der Waals surface area contributed by atoms with Crippen LogP contribution in [0.5, 0.6) is 0 Å². The first-order valence-electron chi connectivity index (χ1n) is 5.81. The molecule has 2 atom stereocenters. The van der Waals surface area contributed by atoms with Crippen LogP contribution in [-0.2, 0) is 9.53 Å². The second-order valence-electron chi connectivity index (χ2n) is 4.43. The van der Waals surface area contributed by atoms with E-state index in [0.717, 1.165) is 25.7 Å². The molecule has 82 valence electrons. The minimum atomic E-state index is 0.186. The van der Waals surface area contributed by atoms with Gasteiger partial charge in [-0.2, -0.15) is 0 Å². The van der Waals surface area contributed by atoms with E-state index in [1.807, 2.05) is 6.92 Å².